The number of nitrogens with one attached hydrogen (secondary N) is 3. The number of piperazine rings is 1. The van der Waals surface area contributed by atoms with Gasteiger partial charge in [-0.25, -0.2) is 23.1 Å². The summed E-state index contributed by atoms with van der Waals surface area (Å²) in [5, 5.41) is 4.75. The molecule has 1 aliphatic rings. The Balaban J connectivity index is 1.63. The number of hydrogen-bond acceptors (Lipinski definition) is 8. The largest absolute Gasteiger partial charge is 0.325 e. The molecule has 0 unspecified atom stereocenters. The Bertz CT molecular complexity index is 1060. The van der Waals surface area contributed by atoms with Crippen molar-refractivity contribution in [2.24, 2.45) is 0 Å². The van der Waals surface area contributed by atoms with E-state index in [4.69, 9.17) is 0 Å². The van der Waals surface area contributed by atoms with Crippen LogP contribution in [0.25, 0.3) is 0 Å². The molecule has 1 fully saturated rings. The molecule has 0 aliphatic carbocycles. The first kappa shape index (κ1) is 21.3. The van der Waals surface area contributed by atoms with Crippen LogP contribution in [0.15, 0.2) is 35.2 Å². The maximum Gasteiger partial charge on any atom is 0.264 e. The molecule has 3 N–H and O–H groups in total. The number of aryl methyl sites for hydroxylation is 2. The molecule has 0 spiro atoms. The average Bonchev–Trinajstić information content (AvgIpc) is 2.59. The summed E-state index contributed by atoms with van der Waals surface area (Å²) in [6.07, 6.45) is 0. The molecule has 1 aliphatic heterocycles. The van der Waals surface area contributed by atoms with E-state index >= 15 is 0 Å². The number of nitrogens with zero attached hydrogens (tertiary/aromatic N) is 3. The minimum Gasteiger partial charge on any atom is -0.325 e. The monoisotopic (exact) mass is 432 g/mol. The molecule has 11 nitrogen and oxygen atoms in total. The fraction of sp³-hybridized carbons (Fsp3) is 0.278. The number of sulfonamides is 1. The summed E-state index contributed by atoms with van der Waals surface area (Å²) in [5.74, 6) is -1.39. The Morgan fingerprint density at radius 3 is 2.20 bits per heavy atom. The summed E-state index contributed by atoms with van der Waals surface area (Å²) in [6.45, 7) is 3.21. The lowest BCUT2D eigenvalue weighted by molar-refractivity contribution is -0.136. The van der Waals surface area contributed by atoms with Crippen LogP contribution in [0.5, 0.6) is 0 Å². The zero-order valence-electron chi connectivity index (χ0n) is 16.3. The molecule has 2 aromatic rings. The molecule has 1 aromatic carbocycles. The number of imide groups is 1. The van der Waals surface area contributed by atoms with E-state index in [0.717, 1.165) is 0 Å². The summed E-state index contributed by atoms with van der Waals surface area (Å²) >= 11 is 0. The summed E-state index contributed by atoms with van der Waals surface area (Å²) in [4.78, 5) is 44.3. The van der Waals surface area contributed by atoms with Crippen LogP contribution in [0.4, 0.5) is 11.6 Å². The van der Waals surface area contributed by atoms with Gasteiger partial charge in [0.25, 0.3) is 10.0 Å². The van der Waals surface area contributed by atoms with Crippen LogP contribution in [-0.2, 0) is 24.4 Å². The third-order valence-corrected chi connectivity index (χ3v) is 5.38. The highest BCUT2D eigenvalue weighted by Gasteiger charge is 2.24. The zero-order valence-corrected chi connectivity index (χ0v) is 17.1. The van der Waals surface area contributed by atoms with Gasteiger partial charge in [-0.3, -0.25) is 24.6 Å². The molecule has 30 heavy (non-hydrogen) atoms. The molecule has 3 rings (SSSR count). The van der Waals surface area contributed by atoms with Crippen molar-refractivity contribution >= 4 is 39.4 Å². The van der Waals surface area contributed by atoms with Crippen molar-refractivity contribution in [3.63, 3.8) is 0 Å². The standard InChI is InChI=1S/C18H20N6O5S/c1-11-7-12(2)20-18(19-11)23-30(28,29)14-5-3-13(4-6-14)21-15(25)8-24-9-16(26)22-17(27)10-24/h3-7H,8-10H2,1-2H3,(H,21,25)(H,19,20,23)(H,22,26,27). The predicted octanol–water partition coefficient (Wildman–Crippen LogP) is -0.209. The van der Waals surface area contributed by atoms with E-state index in [1.54, 1.807) is 19.9 Å². The van der Waals surface area contributed by atoms with Crippen molar-refractivity contribution in [3.8, 4) is 0 Å². The van der Waals surface area contributed by atoms with Gasteiger partial charge in [0.05, 0.1) is 24.5 Å². The van der Waals surface area contributed by atoms with Crippen molar-refractivity contribution in [1.29, 1.82) is 0 Å². The number of aromatic nitrogens is 2. The minimum atomic E-state index is -3.90. The lowest BCUT2D eigenvalue weighted by Gasteiger charge is -2.24. The summed E-state index contributed by atoms with van der Waals surface area (Å²) in [7, 11) is -3.90. The molecular weight excluding hydrogens is 412 g/mol. The van der Waals surface area contributed by atoms with Crippen LogP contribution in [0, 0.1) is 13.8 Å². The maximum atomic E-state index is 12.5. The van der Waals surface area contributed by atoms with Crippen LogP contribution in [0.2, 0.25) is 0 Å². The number of benzene rings is 1. The first-order valence-electron chi connectivity index (χ1n) is 8.91. The molecule has 1 aromatic heterocycles. The van der Waals surface area contributed by atoms with Gasteiger partial charge in [-0.1, -0.05) is 0 Å². The summed E-state index contributed by atoms with van der Waals surface area (Å²) < 4.78 is 27.4. The van der Waals surface area contributed by atoms with Crippen LogP contribution in [-0.4, -0.2) is 60.6 Å². The van der Waals surface area contributed by atoms with E-state index in [2.05, 4.69) is 25.3 Å². The SMILES string of the molecule is Cc1cc(C)nc(NS(=O)(=O)c2ccc(NC(=O)CN3CC(=O)NC(=O)C3)cc2)n1. The second-order valence-corrected chi connectivity index (χ2v) is 8.45. The van der Waals surface area contributed by atoms with Gasteiger partial charge in [-0.05, 0) is 44.2 Å². The zero-order chi connectivity index (χ0) is 21.9. The lowest BCUT2D eigenvalue weighted by atomic mass is 10.3. The fourth-order valence-electron chi connectivity index (χ4n) is 2.88. The van der Waals surface area contributed by atoms with Crippen molar-refractivity contribution in [2.75, 3.05) is 29.7 Å². The van der Waals surface area contributed by atoms with Gasteiger partial charge in [-0.15, -0.1) is 0 Å². The Morgan fingerprint density at radius 2 is 1.63 bits per heavy atom. The normalized spacial score (nSPS) is 14.9. The van der Waals surface area contributed by atoms with E-state index in [9.17, 15) is 22.8 Å². The second-order valence-electron chi connectivity index (χ2n) is 6.77. The number of hydrogen-bond donors (Lipinski definition) is 3. The predicted molar refractivity (Wildman–Crippen MR) is 107 cm³/mol. The van der Waals surface area contributed by atoms with Gasteiger partial charge in [0.15, 0.2) is 0 Å². The Hall–Kier alpha value is -3.38. The molecule has 0 atom stereocenters. The van der Waals surface area contributed by atoms with E-state index < -0.39 is 27.7 Å². The molecule has 12 heteroatoms. The first-order valence-corrected chi connectivity index (χ1v) is 10.4. The van der Waals surface area contributed by atoms with Gasteiger partial charge in [0.1, 0.15) is 0 Å². The van der Waals surface area contributed by atoms with Gasteiger partial charge in [0, 0.05) is 17.1 Å². The molecule has 0 radical (unpaired) electrons. The molecule has 1 saturated heterocycles. The molecular formula is C18H20N6O5S. The highest BCUT2D eigenvalue weighted by atomic mass is 32.2. The van der Waals surface area contributed by atoms with Crippen LogP contribution in [0.1, 0.15) is 11.4 Å². The van der Waals surface area contributed by atoms with Gasteiger partial charge in [-0.2, -0.15) is 0 Å². The van der Waals surface area contributed by atoms with Crippen molar-refractivity contribution in [2.45, 2.75) is 18.7 Å². The number of amides is 3. The second kappa shape index (κ2) is 8.55. The van der Waals surface area contributed by atoms with Crippen molar-refractivity contribution in [3.05, 3.63) is 41.7 Å². The third-order valence-electron chi connectivity index (χ3n) is 4.04. The molecule has 0 saturated carbocycles. The topological polar surface area (TPSA) is 150 Å². The number of carbonyl (C=O) groups excluding carboxylic acids is 3. The van der Waals surface area contributed by atoms with Crippen LogP contribution >= 0.6 is 0 Å². The van der Waals surface area contributed by atoms with Crippen LogP contribution in [0.3, 0.4) is 0 Å². The third kappa shape index (κ3) is 5.58. The summed E-state index contributed by atoms with van der Waals surface area (Å²) in [6, 6.07) is 7.25. The van der Waals surface area contributed by atoms with Crippen molar-refractivity contribution in [1.82, 2.24) is 20.2 Å². The average molecular weight is 432 g/mol. The van der Waals surface area contributed by atoms with Gasteiger partial charge in [0.2, 0.25) is 23.7 Å². The number of carbonyl (C=O) groups is 3. The summed E-state index contributed by atoms with van der Waals surface area (Å²) in [5.41, 5.74) is 1.63. The maximum absolute atomic E-state index is 12.5. The number of anilines is 2. The highest BCUT2D eigenvalue weighted by Crippen LogP contribution is 2.17. The Labute approximate surface area is 172 Å². The quantitative estimate of drug-likeness (QED) is 0.531. The van der Waals surface area contributed by atoms with E-state index in [1.165, 1.54) is 29.2 Å². The van der Waals surface area contributed by atoms with E-state index in [-0.39, 0.29) is 30.5 Å². The van der Waals surface area contributed by atoms with E-state index in [1.807, 2.05) is 0 Å². The molecule has 3 amide bonds. The Morgan fingerprint density at radius 1 is 1.07 bits per heavy atom. The molecule has 0 bridgehead atoms. The van der Waals surface area contributed by atoms with Gasteiger partial charge >= 0.3 is 0 Å². The lowest BCUT2D eigenvalue weighted by Crippen LogP contribution is -2.53. The highest BCUT2D eigenvalue weighted by molar-refractivity contribution is 7.92. The number of rotatable bonds is 6. The Kier molecular flexibility index (Phi) is 6.08. The van der Waals surface area contributed by atoms with Crippen LogP contribution < -0.4 is 15.4 Å². The van der Waals surface area contributed by atoms with Crippen molar-refractivity contribution < 1.29 is 22.8 Å². The smallest absolute Gasteiger partial charge is 0.264 e. The van der Waals surface area contributed by atoms with Gasteiger partial charge < -0.3 is 5.32 Å². The first-order chi connectivity index (χ1) is 14.1. The fourth-order valence-corrected chi connectivity index (χ4v) is 3.82. The minimum absolute atomic E-state index is 0.0232. The van der Waals surface area contributed by atoms with E-state index in [0.29, 0.717) is 17.1 Å². The molecule has 2 heterocycles. The molecule has 158 valence electrons.